The topological polar surface area (TPSA) is 96.0 Å². The summed E-state index contributed by atoms with van der Waals surface area (Å²) >= 11 is 6.14. The number of anilines is 1. The molecule has 3 aromatic carbocycles. The third-order valence-corrected chi connectivity index (χ3v) is 8.17. The first-order valence-electron chi connectivity index (χ1n) is 12.1. The Labute approximate surface area is 229 Å². The van der Waals surface area contributed by atoms with Gasteiger partial charge < -0.3 is 15.0 Å². The van der Waals surface area contributed by atoms with Gasteiger partial charge in [0.15, 0.2) is 0 Å². The second kappa shape index (κ2) is 12.8. The molecule has 0 aliphatic heterocycles. The number of methoxy groups -OCH3 is 1. The molecule has 0 fully saturated rings. The van der Waals surface area contributed by atoms with E-state index in [1.54, 1.807) is 75.6 Å². The molecule has 0 radical (unpaired) electrons. The second-order valence-corrected chi connectivity index (χ2v) is 11.0. The van der Waals surface area contributed by atoms with Crippen LogP contribution in [0.3, 0.4) is 0 Å². The van der Waals surface area contributed by atoms with Gasteiger partial charge in [-0.05, 0) is 66.9 Å². The molecule has 0 saturated heterocycles. The number of ether oxygens (including phenoxy) is 1. The first-order valence-corrected chi connectivity index (χ1v) is 13.9. The van der Waals surface area contributed by atoms with Crippen molar-refractivity contribution >= 4 is 39.1 Å². The van der Waals surface area contributed by atoms with Crippen molar-refractivity contribution in [3.05, 3.63) is 88.9 Å². The molecule has 1 atom stereocenters. The summed E-state index contributed by atoms with van der Waals surface area (Å²) in [4.78, 5) is 28.2. The Morgan fingerprint density at radius 1 is 1.03 bits per heavy atom. The first kappa shape index (κ1) is 29.0. The van der Waals surface area contributed by atoms with Gasteiger partial charge in [0.2, 0.25) is 11.8 Å². The summed E-state index contributed by atoms with van der Waals surface area (Å²) in [5.74, 6) is -0.269. The van der Waals surface area contributed by atoms with Gasteiger partial charge in [0.1, 0.15) is 18.3 Å². The van der Waals surface area contributed by atoms with Gasteiger partial charge in [-0.2, -0.15) is 0 Å². The fourth-order valence-electron chi connectivity index (χ4n) is 4.19. The van der Waals surface area contributed by atoms with Gasteiger partial charge in [0.05, 0.1) is 17.7 Å². The summed E-state index contributed by atoms with van der Waals surface area (Å²) in [5, 5.41) is 3.06. The predicted octanol–water partition coefficient (Wildman–Crippen LogP) is 4.41. The molecule has 3 aromatic rings. The van der Waals surface area contributed by atoms with Gasteiger partial charge in [-0.15, -0.1) is 0 Å². The summed E-state index contributed by atoms with van der Waals surface area (Å²) in [6.45, 7) is 3.10. The predicted molar refractivity (Wildman–Crippen MR) is 149 cm³/mol. The highest BCUT2D eigenvalue weighted by molar-refractivity contribution is 7.92. The van der Waals surface area contributed by atoms with Crippen molar-refractivity contribution in [3.63, 3.8) is 0 Å². The van der Waals surface area contributed by atoms with E-state index >= 15 is 0 Å². The Balaban J connectivity index is 2.09. The smallest absolute Gasteiger partial charge is 0.264 e. The van der Waals surface area contributed by atoms with Gasteiger partial charge in [0.25, 0.3) is 10.0 Å². The highest BCUT2D eigenvalue weighted by Gasteiger charge is 2.34. The third-order valence-electron chi connectivity index (χ3n) is 6.16. The van der Waals surface area contributed by atoms with Crippen molar-refractivity contribution < 1.29 is 22.7 Å². The SMILES string of the molecule is CC[C@H](C(=O)NC)N(Cc1cccc(OC)c1)C(=O)CN(c1ccc(Cl)cc1C)S(=O)(=O)c1ccccc1. The minimum Gasteiger partial charge on any atom is -0.497 e. The zero-order valence-electron chi connectivity index (χ0n) is 21.8. The Bertz CT molecular complexity index is 1380. The van der Waals surface area contributed by atoms with Crippen molar-refractivity contribution in [2.75, 3.05) is 25.0 Å². The lowest BCUT2D eigenvalue weighted by Crippen LogP contribution is -2.51. The molecule has 0 aliphatic carbocycles. The molecule has 202 valence electrons. The largest absolute Gasteiger partial charge is 0.497 e. The maximum atomic E-state index is 13.9. The van der Waals surface area contributed by atoms with Gasteiger partial charge >= 0.3 is 0 Å². The van der Waals surface area contributed by atoms with Crippen molar-refractivity contribution in [1.82, 2.24) is 10.2 Å². The van der Waals surface area contributed by atoms with E-state index in [0.717, 1.165) is 9.87 Å². The van der Waals surface area contributed by atoms with Crippen molar-refractivity contribution in [3.8, 4) is 5.75 Å². The van der Waals surface area contributed by atoms with E-state index in [1.807, 2.05) is 6.07 Å². The van der Waals surface area contributed by atoms with Gasteiger partial charge in [-0.3, -0.25) is 13.9 Å². The quantitative estimate of drug-likeness (QED) is 0.377. The van der Waals surface area contributed by atoms with Gasteiger partial charge in [-0.1, -0.05) is 48.9 Å². The van der Waals surface area contributed by atoms with E-state index in [2.05, 4.69) is 5.32 Å². The molecule has 1 N–H and O–H groups in total. The average Bonchev–Trinajstić information content (AvgIpc) is 2.92. The maximum Gasteiger partial charge on any atom is 0.264 e. The molecule has 3 rings (SSSR count). The molecule has 0 aliphatic rings. The Morgan fingerprint density at radius 2 is 1.74 bits per heavy atom. The van der Waals surface area contributed by atoms with Crippen LogP contribution >= 0.6 is 11.6 Å². The summed E-state index contributed by atoms with van der Waals surface area (Å²) in [7, 11) is -1.09. The molecule has 0 unspecified atom stereocenters. The normalized spacial score (nSPS) is 11.9. The van der Waals surface area contributed by atoms with E-state index in [-0.39, 0.29) is 17.3 Å². The molecule has 0 saturated carbocycles. The van der Waals surface area contributed by atoms with Crippen LogP contribution in [-0.2, 0) is 26.2 Å². The lowest BCUT2D eigenvalue weighted by atomic mass is 10.1. The second-order valence-electron chi connectivity index (χ2n) is 8.67. The number of benzene rings is 3. The average molecular weight is 558 g/mol. The lowest BCUT2D eigenvalue weighted by Gasteiger charge is -2.33. The monoisotopic (exact) mass is 557 g/mol. The van der Waals surface area contributed by atoms with E-state index < -0.39 is 28.5 Å². The molecule has 8 nitrogen and oxygen atoms in total. The van der Waals surface area contributed by atoms with Crippen LogP contribution in [0.25, 0.3) is 0 Å². The highest BCUT2D eigenvalue weighted by Crippen LogP contribution is 2.29. The number of aryl methyl sites for hydroxylation is 1. The van der Waals surface area contributed by atoms with Crippen LogP contribution in [0.2, 0.25) is 5.02 Å². The number of hydrogen-bond acceptors (Lipinski definition) is 5. The molecular weight excluding hydrogens is 526 g/mol. The van der Waals surface area contributed by atoms with Crippen molar-refractivity contribution in [1.29, 1.82) is 0 Å². The number of carbonyl (C=O) groups is 2. The minimum absolute atomic E-state index is 0.0415. The van der Waals surface area contributed by atoms with Crippen molar-refractivity contribution in [2.24, 2.45) is 0 Å². The fourth-order valence-corrected chi connectivity index (χ4v) is 5.91. The molecule has 0 heterocycles. The zero-order valence-corrected chi connectivity index (χ0v) is 23.4. The van der Waals surface area contributed by atoms with E-state index in [0.29, 0.717) is 28.4 Å². The summed E-state index contributed by atoms with van der Waals surface area (Å²) in [6, 6.07) is 19.1. The molecule has 2 amide bonds. The molecule has 10 heteroatoms. The van der Waals surface area contributed by atoms with Crippen LogP contribution in [0.15, 0.2) is 77.7 Å². The maximum absolute atomic E-state index is 13.9. The van der Waals surface area contributed by atoms with Crippen LogP contribution in [-0.4, -0.2) is 51.9 Å². The molecular formula is C28H32ClN3O5S. The first-order chi connectivity index (χ1) is 18.1. The van der Waals surface area contributed by atoms with Crippen LogP contribution in [0.1, 0.15) is 24.5 Å². The molecule has 0 spiro atoms. The lowest BCUT2D eigenvalue weighted by molar-refractivity contribution is -0.140. The summed E-state index contributed by atoms with van der Waals surface area (Å²) in [5.41, 5.74) is 1.64. The van der Waals surface area contributed by atoms with Crippen LogP contribution in [0.4, 0.5) is 5.69 Å². The number of nitrogens with one attached hydrogen (secondary N) is 1. The van der Waals surface area contributed by atoms with Gasteiger partial charge in [-0.25, -0.2) is 8.42 Å². The van der Waals surface area contributed by atoms with Crippen LogP contribution < -0.4 is 14.4 Å². The number of sulfonamides is 1. The molecule has 0 aromatic heterocycles. The van der Waals surface area contributed by atoms with E-state index in [1.165, 1.54) is 24.1 Å². The van der Waals surface area contributed by atoms with Crippen LogP contribution in [0, 0.1) is 6.92 Å². The minimum atomic E-state index is -4.14. The number of halogens is 1. The number of rotatable bonds is 11. The number of nitrogens with zero attached hydrogens (tertiary/aromatic N) is 2. The highest BCUT2D eigenvalue weighted by atomic mass is 35.5. The Hall–Kier alpha value is -3.56. The van der Waals surface area contributed by atoms with Crippen LogP contribution in [0.5, 0.6) is 5.75 Å². The van der Waals surface area contributed by atoms with Gasteiger partial charge in [0, 0.05) is 18.6 Å². The summed E-state index contributed by atoms with van der Waals surface area (Å²) < 4.78 is 34.0. The summed E-state index contributed by atoms with van der Waals surface area (Å²) in [6.07, 6.45) is 0.334. The van der Waals surface area contributed by atoms with E-state index in [9.17, 15) is 18.0 Å². The Morgan fingerprint density at radius 3 is 2.34 bits per heavy atom. The number of hydrogen-bond donors (Lipinski definition) is 1. The Kier molecular flexibility index (Phi) is 9.77. The third kappa shape index (κ3) is 6.65. The fraction of sp³-hybridized carbons (Fsp3) is 0.286. The molecule has 0 bridgehead atoms. The number of likely N-dealkylation sites (N-methyl/N-ethyl adjacent to an activating group) is 1. The van der Waals surface area contributed by atoms with E-state index in [4.69, 9.17) is 16.3 Å². The molecule has 38 heavy (non-hydrogen) atoms. The van der Waals surface area contributed by atoms with Crippen molar-refractivity contribution in [2.45, 2.75) is 37.8 Å². The number of carbonyl (C=O) groups excluding carboxylic acids is 2. The number of amides is 2. The standard InChI is InChI=1S/C28H32ClN3O5S/c1-5-25(28(34)30-3)31(18-21-10-9-11-23(17-21)37-4)27(33)19-32(26-15-14-22(29)16-20(26)2)38(35,36)24-12-7-6-8-13-24/h6-17,25H,5,18-19H2,1-4H3,(H,30,34)/t25-/m1/s1. The zero-order chi connectivity index (χ0) is 27.9.